The molecule has 0 bridgehead atoms. The monoisotopic (exact) mass is 304 g/mol. The van der Waals surface area contributed by atoms with E-state index in [1.165, 1.54) is 19.1 Å². The summed E-state index contributed by atoms with van der Waals surface area (Å²) in [6, 6.07) is 6.15. The van der Waals surface area contributed by atoms with Crippen LogP contribution in [0.2, 0.25) is 0 Å². The molecule has 0 amide bonds. The fraction of sp³-hybridized carbons (Fsp3) is 0.273. The SMILES string of the molecule is C/C(=N\NS(=O)(=O)c1ccc(C)cc1)C(Cl)C(=O)O. The van der Waals surface area contributed by atoms with Gasteiger partial charge < -0.3 is 5.11 Å². The predicted octanol–water partition coefficient (Wildman–Crippen LogP) is 1.34. The largest absolute Gasteiger partial charge is 0.480 e. The van der Waals surface area contributed by atoms with E-state index in [2.05, 4.69) is 5.10 Å². The Morgan fingerprint density at radius 2 is 1.89 bits per heavy atom. The molecule has 0 aliphatic rings. The van der Waals surface area contributed by atoms with Crippen LogP contribution in [0.3, 0.4) is 0 Å². The van der Waals surface area contributed by atoms with Crippen molar-refractivity contribution in [2.75, 3.05) is 0 Å². The summed E-state index contributed by atoms with van der Waals surface area (Å²) >= 11 is 5.50. The highest BCUT2D eigenvalue weighted by molar-refractivity contribution is 7.89. The lowest BCUT2D eigenvalue weighted by Gasteiger charge is -2.06. The van der Waals surface area contributed by atoms with Crippen molar-refractivity contribution in [3.05, 3.63) is 29.8 Å². The molecule has 1 aromatic carbocycles. The molecule has 104 valence electrons. The van der Waals surface area contributed by atoms with Crippen LogP contribution in [0.25, 0.3) is 0 Å². The Hall–Kier alpha value is -1.60. The maximum absolute atomic E-state index is 11.8. The number of hydrazone groups is 1. The number of sulfonamides is 1. The van der Waals surface area contributed by atoms with Gasteiger partial charge in [-0.3, -0.25) is 4.79 Å². The van der Waals surface area contributed by atoms with E-state index in [1.807, 2.05) is 11.8 Å². The van der Waals surface area contributed by atoms with E-state index < -0.39 is 21.4 Å². The van der Waals surface area contributed by atoms with Gasteiger partial charge in [-0.15, -0.1) is 11.6 Å². The molecule has 1 unspecified atom stereocenters. The zero-order valence-electron chi connectivity index (χ0n) is 10.3. The van der Waals surface area contributed by atoms with Crippen LogP contribution in [0.1, 0.15) is 12.5 Å². The van der Waals surface area contributed by atoms with Gasteiger partial charge in [-0.2, -0.15) is 13.5 Å². The lowest BCUT2D eigenvalue weighted by molar-refractivity contribution is -0.135. The van der Waals surface area contributed by atoms with Crippen molar-refractivity contribution in [3.8, 4) is 0 Å². The number of nitrogens with zero attached hydrogens (tertiary/aromatic N) is 1. The van der Waals surface area contributed by atoms with Crippen LogP contribution in [0.15, 0.2) is 34.3 Å². The van der Waals surface area contributed by atoms with E-state index in [0.717, 1.165) is 5.56 Å². The minimum atomic E-state index is -3.82. The van der Waals surface area contributed by atoms with E-state index >= 15 is 0 Å². The Labute approximate surface area is 116 Å². The zero-order chi connectivity index (χ0) is 14.6. The van der Waals surface area contributed by atoms with Gasteiger partial charge in [0.2, 0.25) is 0 Å². The van der Waals surface area contributed by atoms with Gasteiger partial charge in [-0.05, 0) is 26.0 Å². The molecule has 1 aromatic rings. The number of carbonyl (C=O) groups is 1. The topological polar surface area (TPSA) is 95.8 Å². The van der Waals surface area contributed by atoms with Crippen LogP contribution < -0.4 is 4.83 Å². The van der Waals surface area contributed by atoms with E-state index in [9.17, 15) is 13.2 Å². The maximum atomic E-state index is 11.8. The van der Waals surface area contributed by atoms with Crippen LogP contribution in [-0.4, -0.2) is 30.6 Å². The fourth-order valence-corrected chi connectivity index (χ4v) is 2.05. The van der Waals surface area contributed by atoms with Gasteiger partial charge >= 0.3 is 5.97 Å². The van der Waals surface area contributed by atoms with Crippen molar-refractivity contribution in [1.29, 1.82) is 0 Å². The molecule has 0 aliphatic heterocycles. The number of hydrogen-bond acceptors (Lipinski definition) is 4. The van der Waals surface area contributed by atoms with Crippen molar-refractivity contribution >= 4 is 33.3 Å². The first-order valence-corrected chi connectivity index (χ1v) is 7.15. The molecular formula is C11H13ClN2O4S. The van der Waals surface area contributed by atoms with E-state index in [4.69, 9.17) is 16.7 Å². The first kappa shape index (κ1) is 15.5. The van der Waals surface area contributed by atoms with Gasteiger partial charge in [0.15, 0.2) is 5.38 Å². The van der Waals surface area contributed by atoms with Crippen molar-refractivity contribution < 1.29 is 18.3 Å². The summed E-state index contributed by atoms with van der Waals surface area (Å²) in [7, 11) is -3.82. The number of benzene rings is 1. The Morgan fingerprint density at radius 1 is 1.37 bits per heavy atom. The second-order valence-electron chi connectivity index (χ2n) is 3.86. The van der Waals surface area contributed by atoms with Gasteiger partial charge in [-0.25, -0.2) is 4.83 Å². The van der Waals surface area contributed by atoms with Crippen LogP contribution in [0.5, 0.6) is 0 Å². The normalized spacial score (nSPS) is 13.9. The third-order valence-electron chi connectivity index (χ3n) is 2.26. The highest BCUT2D eigenvalue weighted by atomic mass is 35.5. The number of alkyl halides is 1. The Balaban J connectivity index is 2.89. The number of halogens is 1. The molecule has 0 saturated heterocycles. The minimum Gasteiger partial charge on any atom is -0.480 e. The molecule has 2 N–H and O–H groups in total. The van der Waals surface area contributed by atoms with Gasteiger partial charge in [-0.1, -0.05) is 17.7 Å². The second-order valence-corrected chi connectivity index (χ2v) is 5.96. The number of aryl methyl sites for hydroxylation is 1. The number of rotatable bonds is 5. The molecule has 0 aliphatic carbocycles. The molecule has 1 atom stereocenters. The van der Waals surface area contributed by atoms with Gasteiger partial charge in [0.25, 0.3) is 10.0 Å². The number of aliphatic carboxylic acids is 1. The van der Waals surface area contributed by atoms with Gasteiger partial charge in [0.1, 0.15) is 0 Å². The van der Waals surface area contributed by atoms with Crippen molar-refractivity contribution in [1.82, 2.24) is 4.83 Å². The third-order valence-corrected chi connectivity index (χ3v) is 3.98. The highest BCUT2D eigenvalue weighted by Crippen LogP contribution is 2.10. The molecule has 0 aromatic heterocycles. The lowest BCUT2D eigenvalue weighted by atomic mass is 10.2. The molecule has 0 fully saturated rings. The Kier molecular flexibility index (Phi) is 4.90. The maximum Gasteiger partial charge on any atom is 0.327 e. The lowest BCUT2D eigenvalue weighted by Crippen LogP contribution is -2.26. The van der Waals surface area contributed by atoms with E-state index in [0.29, 0.717) is 0 Å². The van der Waals surface area contributed by atoms with Crippen LogP contribution in [-0.2, 0) is 14.8 Å². The van der Waals surface area contributed by atoms with Crippen LogP contribution >= 0.6 is 11.6 Å². The quantitative estimate of drug-likeness (QED) is 0.487. The fourth-order valence-electron chi connectivity index (χ4n) is 1.14. The first-order chi connectivity index (χ1) is 8.74. The summed E-state index contributed by atoms with van der Waals surface area (Å²) in [6.45, 7) is 3.15. The molecule has 1 rings (SSSR count). The van der Waals surface area contributed by atoms with Crippen LogP contribution in [0.4, 0.5) is 0 Å². The number of carboxylic acid groups (broad SMARTS) is 1. The van der Waals surface area contributed by atoms with Crippen molar-refractivity contribution in [3.63, 3.8) is 0 Å². The number of hydrogen-bond donors (Lipinski definition) is 2. The summed E-state index contributed by atoms with van der Waals surface area (Å²) in [6.07, 6.45) is 0. The molecule has 0 saturated carbocycles. The van der Waals surface area contributed by atoms with E-state index in [1.54, 1.807) is 12.1 Å². The molecule has 8 heteroatoms. The smallest absolute Gasteiger partial charge is 0.327 e. The van der Waals surface area contributed by atoms with Gasteiger partial charge in [0, 0.05) is 0 Å². The first-order valence-electron chi connectivity index (χ1n) is 5.23. The number of nitrogens with one attached hydrogen (secondary N) is 1. The summed E-state index contributed by atoms with van der Waals surface area (Å²) in [4.78, 5) is 12.6. The summed E-state index contributed by atoms with van der Waals surface area (Å²) in [5, 5.41) is 10.7. The van der Waals surface area contributed by atoms with Crippen molar-refractivity contribution in [2.45, 2.75) is 24.1 Å². The zero-order valence-corrected chi connectivity index (χ0v) is 11.9. The molecule has 19 heavy (non-hydrogen) atoms. The molecule has 0 heterocycles. The predicted molar refractivity (Wildman–Crippen MR) is 71.9 cm³/mol. The third kappa shape index (κ3) is 4.22. The minimum absolute atomic E-state index is 0.0381. The average Bonchev–Trinajstić information content (AvgIpc) is 2.35. The molecule has 0 radical (unpaired) electrons. The second kappa shape index (κ2) is 6.03. The molecule has 0 spiro atoms. The Bertz CT molecular complexity index is 596. The summed E-state index contributed by atoms with van der Waals surface area (Å²) in [5.74, 6) is -1.29. The average molecular weight is 305 g/mol. The van der Waals surface area contributed by atoms with Gasteiger partial charge in [0.05, 0.1) is 10.6 Å². The standard InChI is InChI=1S/C11H13ClN2O4S/c1-7-3-5-9(6-4-7)19(17,18)14-13-8(2)10(12)11(15)16/h3-6,10,14H,1-2H3,(H,15,16)/b13-8+. The summed E-state index contributed by atoms with van der Waals surface area (Å²) in [5.41, 5.74) is 0.871. The van der Waals surface area contributed by atoms with E-state index in [-0.39, 0.29) is 10.6 Å². The molecular weight excluding hydrogens is 292 g/mol. The molecule has 6 nitrogen and oxygen atoms in total. The number of carboxylic acids is 1. The highest BCUT2D eigenvalue weighted by Gasteiger charge is 2.19. The summed E-state index contributed by atoms with van der Waals surface area (Å²) < 4.78 is 23.7. The van der Waals surface area contributed by atoms with Crippen molar-refractivity contribution in [2.24, 2.45) is 5.10 Å². The van der Waals surface area contributed by atoms with Crippen LogP contribution in [0, 0.1) is 6.92 Å². The Morgan fingerprint density at radius 3 is 2.37 bits per heavy atom.